The number of hydrogen-bond acceptors (Lipinski definition) is 4. The molecule has 0 saturated carbocycles. The minimum Gasteiger partial charge on any atom is -0.341 e. The van der Waals surface area contributed by atoms with E-state index in [0.29, 0.717) is 0 Å². The average Bonchev–Trinajstić information content (AvgIpc) is 2.17. The maximum atomic E-state index is 4.31. The SMILES string of the molecule is CCCN(CCC)c1ncnc(C)n1. The molecule has 0 amide bonds. The molecule has 0 spiro atoms. The van der Waals surface area contributed by atoms with Gasteiger partial charge in [-0.15, -0.1) is 0 Å². The van der Waals surface area contributed by atoms with Crippen molar-refractivity contribution in [1.82, 2.24) is 15.0 Å². The van der Waals surface area contributed by atoms with E-state index in [9.17, 15) is 0 Å². The van der Waals surface area contributed by atoms with Crippen LogP contribution in [0.15, 0.2) is 6.33 Å². The summed E-state index contributed by atoms with van der Waals surface area (Å²) >= 11 is 0. The van der Waals surface area contributed by atoms with E-state index in [4.69, 9.17) is 0 Å². The molecule has 0 saturated heterocycles. The quantitative estimate of drug-likeness (QED) is 0.717. The molecule has 4 nitrogen and oxygen atoms in total. The normalized spacial score (nSPS) is 10.2. The minimum absolute atomic E-state index is 0.784. The van der Waals surface area contributed by atoms with Crippen LogP contribution in [0.4, 0.5) is 5.95 Å². The minimum atomic E-state index is 0.784. The Morgan fingerprint density at radius 1 is 1.14 bits per heavy atom. The van der Waals surface area contributed by atoms with Crippen molar-refractivity contribution in [1.29, 1.82) is 0 Å². The van der Waals surface area contributed by atoms with Crippen molar-refractivity contribution in [2.24, 2.45) is 0 Å². The van der Waals surface area contributed by atoms with Gasteiger partial charge in [0, 0.05) is 13.1 Å². The van der Waals surface area contributed by atoms with Crippen molar-refractivity contribution in [2.75, 3.05) is 18.0 Å². The Hall–Kier alpha value is -1.19. The molecule has 1 heterocycles. The molecular weight excluding hydrogens is 176 g/mol. The molecule has 0 aromatic carbocycles. The summed E-state index contributed by atoms with van der Waals surface area (Å²) < 4.78 is 0. The van der Waals surface area contributed by atoms with Crippen LogP contribution in [-0.2, 0) is 0 Å². The molecule has 0 radical (unpaired) electrons. The molecule has 4 heteroatoms. The van der Waals surface area contributed by atoms with Crippen molar-refractivity contribution >= 4 is 5.95 Å². The zero-order chi connectivity index (χ0) is 10.4. The summed E-state index contributed by atoms with van der Waals surface area (Å²) in [5, 5.41) is 0. The monoisotopic (exact) mass is 194 g/mol. The molecule has 0 aliphatic carbocycles. The van der Waals surface area contributed by atoms with Gasteiger partial charge in [-0.3, -0.25) is 0 Å². The van der Waals surface area contributed by atoms with Gasteiger partial charge >= 0.3 is 0 Å². The van der Waals surface area contributed by atoms with Crippen molar-refractivity contribution < 1.29 is 0 Å². The van der Waals surface area contributed by atoms with Crippen LogP contribution >= 0.6 is 0 Å². The molecule has 1 rings (SSSR count). The number of hydrogen-bond donors (Lipinski definition) is 0. The second-order valence-electron chi connectivity index (χ2n) is 3.32. The fraction of sp³-hybridized carbons (Fsp3) is 0.700. The summed E-state index contributed by atoms with van der Waals surface area (Å²) in [7, 11) is 0. The first-order chi connectivity index (χ1) is 6.77. The molecule has 0 fully saturated rings. The third-order valence-corrected chi connectivity index (χ3v) is 1.95. The van der Waals surface area contributed by atoms with Crippen LogP contribution in [-0.4, -0.2) is 28.0 Å². The Balaban J connectivity index is 2.75. The van der Waals surface area contributed by atoms with E-state index in [2.05, 4.69) is 33.7 Å². The average molecular weight is 194 g/mol. The highest BCUT2D eigenvalue weighted by molar-refractivity contribution is 5.27. The standard InChI is InChI=1S/C10H18N4/c1-4-6-14(7-5-2)10-12-8-11-9(3)13-10/h8H,4-7H2,1-3H3. The van der Waals surface area contributed by atoms with Crippen LogP contribution < -0.4 is 4.90 Å². The molecule has 1 aromatic heterocycles. The third-order valence-electron chi connectivity index (χ3n) is 1.95. The van der Waals surface area contributed by atoms with Gasteiger partial charge in [-0.1, -0.05) is 13.8 Å². The number of aryl methyl sites for hydroxylation is 1. The Labute approximate surface area is 85.4 Å². The lowest BCUT2D eigenvalue weighted by Gasteiger charge is -2.20. The van der Waals surface area contributed by atoms with Gasteiger partial charge in [0.1, 0.15) is 12.2 Å². The number of anilines is 1. The predicted molar refractivity (Wildman–Crippen MR) is 57.4 cm³/mol. The van der Waals surface area contributed by atoms with Gasteiger partial charge in [0.05, 0.1) is 0 Å². The van der Waals surface area contributed by atoms with Crippen molar-refractivity contribution in [3.63, 3.8) is 0 Å². The smallest absolute Gasteiger partial charge is 0.228 e. The van der Waals surface area contributed by atoms with Gasteiger partial charge in [-0.05, 0) is 19.8 Å². The Kier molecular flexibility index (Phi) is 4.29. The van der Waals surface area contributed by atoms with Crippen LogP contribution in [0.1, 0.15) is 32.5 Å². The molecule has 0 unspecified atom stereocenters. The van der Waals surface area contributed by atoms with E-state index in [1.165, 1.54) is 0 Å². The summed E-state index contributed by atoms with van der Waals surface area (Å²) in [4.78, 5) is 14.7. The van der Waals surface area contributed by atoms with Gasteiger partial charge in [-0.25, -0.2) is 9.97 Å². The van der Waals surface area contributed by atoms with E-state index in [0.717, 1.165) is 37.7 Å². The van der Waals surface area contributed by atoms with Crippen LogP contribution in [0.25, 0.3) is 0 Å². The van der Waals surface area contributed by atoms with Gasteiger partial charge in [0.2, 0.25) is 5.95 Å². The van der Waals surface area contributed by atoms with Crippen molar-refractivity contribution in [2.45, 2.75) is 33.6 Å². The number of aromatic nitrogens is 3. The molecular formula is C10H18N4. The third kappa shape index (κ3) is 2.94. The second kappa shape index (κ2) is 5.52. The number of rotatable bonds is 5. The lowest BCUT2D eigenvalue weighted by molar-refractivity contribution is 0.713. The van der Waals surface area contributed by atoms with Crippen molar-refractivity contribution in [3.8, 4) is 0 Å². The summed E-state index contributed by atoms with van der Waals surface area (Å²) in [6.45, 7) is 8.24. The molecule has 0 N–H and O–H groups in total. The first kappa shape index (κ1) is 10.9. The van der Waals surface area contributed by atoms with E-state index in [1.807, 2.05) is 6.92 Å². The Bertz CT molecular complexity index is 269. The van der Waals surface area contributed by atoms with Gasteiger partial charge in [-0.2, -0.15) is 4.98 Å². The van der Waals surface area contributed by atoms with Gasteiger partial charge in [0.25, 0.3) is 0 Å². The second-order valence-corrected chi connectivity index (χ2v) is 3.32. The van der Waals surface area contributed by atoms with Crippen LogP contribution in [0.2, 0.25) is 0 Å². The maximum Gasteiger partial charge on any atom is 0.228 e. The summed E-state index contributed by atoms with van der Waals surface area (Å²) in [6.07, 6.45) is 3.81. The zero-order valence-corrected chi connectivity index (χ0v) is 9.19. The lowest BCUT2D eigenvalue weighted by Crippen LogP contribution is -2.27. The number of nitrogens with zero attached hydrogens (tertiary/aromatic N) is 4. The van der Waals surface area contributed by atoms with Crippen LogP contribution in [0.5, 0.6) is 0 Å². The van der Waals surface area contributed by atoms with Crippen LogP contribution in [0, 0.1) is 6.92 Å². The molecule has 0 bridgehead atoms. The van der Waals surface area contributed by atoms with Crippen molar-refractivity contribution in [3.05, 3.63) is 12.2 Å². The summed E-state index contributed by atoms with van der Waals surface area (Å²) in [6, 6.07) is 0. The van der Waals surface area contributed by atoms with Gasteiger partial charge < -0.3 is 4.90 Å². The fourth-order valence-corrected chi connectivity index (χ4v) is 1.37. The van der Waals surface area contributed by atoms with E-state index >= 15 is 0 Å². The molecule has 78 valence electrons. The molecule has 0 atom stereocenters. The first-order valence-corrected chi connectivity index (χ1v) is 5.18. The fourth-order valence-electron chi connectivity index (χ4n) is 1.37. The highest BCUT2D eigenvalue weighted by Gasteiger charge is 2.06. The van der Waals surface area contributed by atoms with E-state index in [-0.39, 0.29) is 0 Å². The summed E-state index contributed by atoms with van der Waals surface area (Å²) in [5.74, 6) is 1.59. The molecule has 1 aromatic rings. The van der Waals surface area contributed by atoms with Crippen LogP contribution in [0.3, 0.4) is 0 Å². The van der Waals surface area contributed by atoms with E-state index < -0.39 is 0 Å². The zero-order valence-electron chi connectivity index (χ0n) is 9.19. The summed E-state index contributed by atoms with van der Waals surface area (Å²) in [5.41, 5.74) is 0. The Morgan fingerprint density at radius 3 is 2.29 bits per heavy atom. The predicted octanol–water partition coefficient (Wildman–Crippen LogP) is 1.81. The van der Waals surface area contributed by atoms with Gasteiger partial charge in [0.15, 0.2) is 0 Å². The topological polar surface area (TPSA) is 41.9 Å². The van der Waals surface area contributed by atoms with E-state index in [1.54, 1.807) is 6.33 Å². The lowest BCUT2D eigenvalue weighted by atomic mass is 10.4. The largest absolute Gasteiger partial charge is 0.341 e. The molecule has 0 aliphatic heterocycles. The molecule has 14 heavy (non-hydrogen) atoms. The Morgan fingerprint density at radius 2 is 1.79 bits per heavy atom. The first-order valence-electron chi connectivity index (χ1n) is 5.18. The molecule has 0 aliphatic rings. The highest BCUT2D eigenvalue weighted by Crippen LogP contribution is 2.06. The highest BCUT2D eigenvalue weighted by atomic mass is 15.3. The maximum absolute atomic E-state index is 4.31.